The maximum absolute atomic E-state index is 14.7. The number of unbranched alkanes of at least 4 members (excludes halogenated alkanes) is 40. The highest BCUT2D eigenvalue weighted by molar-refractivity contribution is 7.51. The van der Waals surface area contributed by atoms with Crippen molar-refractivity contribution in [2.24, 2.45) is 0 Å². The molecule has 27 heteroatoms. The van der Waals surface area contributed by atoms with E-state index < -0.39 is 170 Å². The fourth-order valence-electron chi connectivity index (χ4n) is 14.4. The Morgan fingerprint density at radius 3 is 1.11 bits per heavy atom. The van der Waals surface area contributed by atoms with Gasteiger partial charge in [-0.05, 0) is 38.5 Å². The average Bonchev–Trinajstić information content (AvgIpc) is 0.781. The van der Waals surface area contributed by atoms with Crippen LogP contribution in [0.4, 0.5) is 0 Å². The van der Waals surface area contributed by atoms with Gasteiger partial charge < -0.3 is 79.3 Å². The lowest BCUT2D eigenvalue weighted by Crippen LogP contribution is -2.68. The van der Waals surface area contributed by atoms with E-state index in [1.807, 2.05) is 0 Å². The largest absolute Gasteiger partial charge is 0.470 e. The van der Waals surface area contributed by atoms with Crippen LogP contribution in [0.5, 0.6) is 0 Å². The van der Waals surface area contributed by atoms with Crippen molar-refractivity contribution in [1.29, 1.82) is 0 Å². The molecule has 2 aliphatic rings. The first kappa shape index (κ1) is 101. The smallest absolute Gasteiger partial charge is 0.462 e. The summed E-state index contributed by atoms with van der Waals surface area (Å²) in [5, 5.41) is 62.3. The summed E-state index contributed by atoms with van der Waals surface area (Å²) in [6.07, 6.45) is 24.4. The van der Waals surface area contributed by atoms with Crippen molar-refractivity contribution in [3.8, 4) is 0 Å². The second kappa shape index (κ2) is 63.6. The summed E-state index contributed by atoms with van der Waals surface area (Å²) in [5.74, 6) is -4.32. The van der Waals surface area contributed by atoms with Crippen LogP contribution in [0, 0.1) is 0 Å². The molecule has 0 aromatic carbocycles. The first-order chi connectivity index (χ1) is 51.9. The highest BCUT2D eigenvalue weighted by Crippen LogP contribution is 2.44. The number of amides is 2. The predicted octanol–water partition coefficient (Wildman–Crippen LogP) is 16.1. The van der Waals surface area contributed by atoms with Crippen LogP contribution in [0.25, 0.3) is 0 Å². The molecule has 0 aromatic rings. The van der Waals surface area contributed by atoms with Crippen LogP contribution in [0.3, 0.4) is 0 Å². The Morgan fingerprint density at radius 1 is 0.398 bits per heavy atom. The monoisotopic (exact) mass is 1590 g/mol. The van der Waals surface area contributed by atoms with Crippen molar-refractivity contribution in [2.45, 2.75) is 467 Å². The van der Waals surface area contributed by atoms with Gasteiger partial charge in [-0.3, -0.25) is 37.6 Å². The fourth-order valence-corrected chi connectivity index (χ4v) is 15.5. The molecule has 2 heterocycles. The summed E-state index contributed by atoms with van der Waals surface area (Å²) in [6, 6.07) is -3.60. The Hall–Kier alpha value is -2.71. The molecule has 636 valence electrons. The summed E-state index contributed by atoms with van der Waals surface area (Å²) in [5.41, 5.74) is 0. The Kier molecular flexibility index (Phi) is 59.7. The highest BCUT2D eigenvalue weighted by Gasteiger charge is 2.55. The SMILES string of the molecule is CCCCCCCCCCCC(=O)O[C@H](CCCCCCCCCCC)CC(=O)O[C@@H]1C(NC(=O)C[C@H](O)CCCCCCCCCCC)[C@H](OCC2O[C@H](OP(C)(=O)O)C(NC(=O)C[C@H](O)CCCCCCCCCCC)[C@@H](OC(=O)C[C@H](O)CCCCCCCCCCC)[C@@H]2O)OC(CO)[C@H]1OP(=O)(O)O. The molecule has 25 nitrogen and oxygen atoms in total. The average molecular weight is 1590 g/mol. The van der Waals surface area contributed by atoms with Crippen molar-refractivity contribution >= 4 is 45.1 Å². The summed E-state index contributed by atoms with van der Waals surface area (Å²) in [7, 11) is -10.3. The van der Waals surface area contributed by atoms with Crippen LogP contribution in [-0.4, -0.2) is 176 Å². The number of esters is 3. The number of nitrogens with one attached hydrogen (secondary N) is 2. The first-order valence-corrected chi connectivity index (χ1v) is 46.6. The topological polar surface area (TPSA) is 379 Å². The van der Waals surface area contributed by atoms with Crippen LogP contribution in [0.15, 0.2) is 0 Å². The number of hydrogen-bond donors (Lipinski definition) is 10. The lowest BCUT2D eigenvalue weighted by molar-refractivity contribution is -0.296. The molecule has 0 radical (unpaired) electrons. The first-order valence-electron chi connectivity index (χ1n) is 43.0. The number of carbonyl (C=O) groups excluding carboxylic acids is 5. The molecule has 2 aliphatic heterocycles. The lowest BCUT2D eigenvalue weighted by Gasteiger charge is -2.47. The third-order valence-corrected chi connectivity index (χ3v) is 21.8. The molecule has 0 bridgehead atoms. The van der Waals surface area contributed by atoms with Gasteiger partial charge in [-0.15, -0.1) is 0 Å². The van der Waals surface area contributed by atoms with Crippen molar-refractivity contribution < 1.29 is 111 Å². The van der Waals surface area contributed by atoms with E-state index in [-0.39, 0.29) is 32.1 Å². The molecular weight excluding hydrogens is 1430 g/mol. The molecule has 2 fully saturated rings. The van der Waals surface area contributed by atoms with E-state index in [1.54, 1.807) is 0 Å². The molecule has 0 saturated carbocycles. The maximum Gasteiger partial charge on any atom is 0.470 e. The third-order valence-electron chi connectivity index (χ3n) is 20.6. The number of carbonyl (C=O) groups is 5. The lowest BCUT2D eigenvalue weighted by atomic mass is 9.95. The van der Waals surface area contributed by atoms with Crippen molar-refractivity contribution in [1.82, 2.24) is 10.6 Å². The molecule has 0 spiro atoms. The number of ether oxygens (including phenoxy) is 6. The molecule has 2 rings (SSSR count). The van der Waals surface area contributed by atoms with Gasteiger partial charge in [-0.2, -0.15) is 0 Å². The zero-order chi connectivity index (χ0) is 79.6. The zero-order valence-electron chi connectivity index (χ0n) is 67.8. The van der Waals surface area contributed by atoms with Gasteiger partial charge >= 0.3 is 33.3 Å². The fraction of sp³-hybridized carbons (Fsp3) is 0.938. The molecular formula is C81H154N2O23P2. The van der Waals surface area contributed by atoms with Gasteiger partial charge in [0, 0.05) is 13.1 Å². The van der Waals surface area contributed by atoms with E-state index in [0.29, 0.717) is 32.1 Å². The number of phosphoric acid groups is 1. The van der Waals surface area contributed by atoms with E-state index in [2.05, 4.69) is 45.3 Å². The second-order valence-corrected chi connectivity index (χ2v) is 34.1. The molecule has 108 heavy (non-hydrogen) atoms. The van der Waals surface area contributed by atoms with Crippen molar-refractivity contribution in [3.05, 3.63) is 0 Å². The van der Waals surface area contributed by atoms with Crippen LogP contribution >= 0.6 is 15.4 Å². The van der Waals surface area contributed by atoms with Gasteiger partial charge in [0.15, 0.2) is 24.8 Å². The number of hydrogen-bond acceptors (Lipinski definition) is 20. The Labute approximate surface area is 650 Å². The maximum atomic E-state index is 14.7. The van der Waals surface area contributed by atoms with E-state index in [9.17, 15) is 73.3 Å². The molecule has 2 saturated heterocycles. The molecule has 0 aromatic heterocycles. The van der Waals surface area contributed by atoms with Crippen LogP contribution < -0.4 is 10.6 Å². The number of aliphatic hydroxyl groups is 5. The number of rotatable bonds is 71. The highest BCUT2D eigenvalue weighted by atomic mass is 31.2. The van der Waals surface area contributed by atoms with E-state index in [0.717, 1.165) is 206 Å². The molecule has 5 unspecified atom stereocenters. The number of phosphoric ester groups is 1. The zero-order valence-corrected chi connectivity index (χ0v) is 69.6. The summed E-state index contributed by atoms with van der Waals surface area (Å²) < 4.78 is 74.0. The van der Waals surface area contributed by atoms with E-state index in [1.165, 1.54) is 57.8 Å². The minimum absolute atomic E-state index is 0.0995. The minimum atomic E-state index is -5.61. The van der Waals surface area contributed by atoms with Crippen LogP contribution in [0.2, 0.25) is 0 Å². The molecule has 0 aliphatic carbocycles. The van der Waals surface area contributed by atoms with Crippen LogP contribution in [-0.2, 0) is 70.6 Å². The molecule has 15 atom stereocenters. The van der Waals surface area contributed by atoms with Gasteiger partial charge in [0.1, 0.15) is 42.6 Å². The van der Waals surface area contributed by atoms with Gasteiger partial charge in [0.25, 0.3) is 0 Å². The predicted molar refractivity (Wildman–Crippen MR) is 419 cm³/mol. The van der Waals surface area contributed by atoms with E-state index in [4.69, 9.17) is 37.5 Å². The summed E-state index contributed by atoms with van der Waals surface area (Å²) >= 11 is 0. The number of aliphatic hydroxyl groups excluding tert-OH is 5. The normalized spacial score (nSPS) is 22.1. The van der Waals surface area contributed by atoms with Gasteiger partial charge in [0.2, 0.25) is 11.8 Å². The second-order valence-electron chi connectivity index (χ2n) is 31.1. The van der Waals surface area contributed by atoms with Crippen molar-refractivity contribution in [2.75, 3.05) is 19.9 Å². The van der Waals surface area contributed by atoms with E-state index >= 15 is 0 Å². The van der Waals surface area contributed by atoms with Gasteiger partial charge in [-0.25, -0.2) is 4.57 Å². The third kappa shape index (κ3) is 51.2. The standard InChI is InChI=1S/C81H154N2O23P2/c1-7-12-17-22-27-32-37-42-47-52-63(85)57-69(88)82-74-78(103-72(91)59-65(87)54-49-44-39-34-29-24-19-14-9-3)76(93)68(102-81(74)106-107(6,94)95)62-99-80-75(83-70(89)58-64(86)53-48-43-38-33-28-23-18-13-8-2)79(77(67(61-84)101-80)105-108(96,97)98)104-73(92)60-66(55-50-45-40-35-30-25-20-15-10-4)100-71(90)56-51-46-41-36-31-26-21-16-11-5/h63-68,74-81,84-87,93H,7-62H2,1-6H3,(H,82,88)(H,83,89)(H,94,95)(H2,96,97,98)/t63-,64-,65-,66-,67?,68?,74?,75?,76-,77-,78-,79-,80-,81-/m1/s1. The summed E-state index contributed by atoms with van der Waals surface area (Å²) in [6.45, 7) is 9.68. The Balaban J connectivity index is 2.68. The Bertz CT molecular complexity index is 2370. The molecule has 10 N–H and O–H groups in total. The summed E-state index contributed by atoms with van der Waals surface area (Å²) in [4.78, 5) is 102. The Morgan fingerprint density at radius 2 is 0.731 bits per heavy atom. The van der Waals surface area contributed by atoms with Crippen LogP contribution in [0.1, 0.15) is 381 Å². The minimum Gasteiger partial charge on any atom is -0.462 e. The van der Waals surface area contributed by atoms with Gasteiger partial charge in [-0.1, -0.05) is 311 Å². The quantitative estimate of drug-likeness (QED) is 0.0117. The molecule has 2 amide bonds. The van der Waals surface area contributed by atoms with Crippen molar-refractivity contribution in [3.63, 3.8) is 0 Å². The van der Waals surface area contributed by atoms with Gasteiger partial charge in [0.05, 0.1) is 57.2 Å².